The SMILES string of the molecule is CC(CN1CCCCC1)NC(=O)NCCC1=CCCCC1. The number of urea groups is 1. The quantitative estimate of drug-likeness (QED) is 0.739. The maximum Gasteiger partial charge on any atom is 0.315 e. The van der Waals surface area contributed by atoms with Crippen LogP contribution in [0.15, 0.2) is 11.6 Å². The van der Waals surface area contributed by atoms with E-state index in [0.29, 0.717) is 0 Å². The van der Waals surface area contributed by atoms with Crippen molar-refractivity contribution in [1.82, 2.24) is 15.5 Å². The van der Waals surface area contributed by atoms with Crippen LogP contribution in [0.25, 0.3) is 0 Å². The Labute approximate surface area is 129 Å². The van der Waals surface area contributed by atoms with Gasteiger partial charge in [0.25, 0.3) is 0 Å². The van der Waals surface area contributed by atoms with Gasteiger partial charge in [-0.05, 0) is 65.0 Å². The molecule has 2 N–H and O–H groups in total. The monoisotopic (exact) mass is 293 g/mol. The van der Waals surface area contributed by atoms with E-state index in [1.165, 1.54) is 63.6 Å². The number of allylic oxidation sites excluding steroid dienone is 1. The van der Waals surface area contributed by atoms with Crippen LogP contribution >= 0.6 is 0 Å². The van der Waals surface area contributed by atoms with E-state index >= 15 is 0 Å². The number of carbonyl (C=O) groups excluding carboxylic acids is 1. The minimum atomic E-state index is -0.0177. The van der Waals surface area contributed by atoms with Gasteiger partial charge in [0.05, 0.1) is 0 Å². The molecule has 0 aromatic carbocycles. The number of hydrogen-bond donors (Lipinski definition) is 2. The summed E-state index contributed by atoms with van der Waals surface area (Å²) in [4.78, 5) is 14.3. The van der Waals surface area contributed by atoms with Gasteiger partial charge in [0.15, 0.2) is 0 Å². The van der Waals surface area contributed by atoms with Crippen molar-refractivity contribution >= 4 is 6.03 Å². The summed E-state index contributed by atoms with van der Waals surface area (Å²) in [7, 11) is 0. The standard InChI is InChI=1S/C17H31N3O/c1-15(14-20-12-6-3-7-13-20)19-17(21)18-11-10-16-8-4-2-5-9-16/h8,15H,2-7,9-14H2,1H3,(H2,18,19,21). The Bertz CT molecular complexity index is 348. The molecular formula is C17H31N3O. The molecule has 4 nitrogen and oxygen atoms in total. The topological polar surface area (TPSA) is 44.4 Å². The Kier molecular flexibility index (Phi) is 7.07. The van der Waals surface area contributed by atoms with Crippen molar-refractivity contribution < 1.29 is 4.79 Å². The molecule has 0 spiro atoms. The lowest BCUT2D eigenvalue weighted by Crippen LogP contribution is -2.47. The van der Waals surface area contributed by atoms with E-state index in [2.05, 4.69) is 28.5 Å². The van der Waals surface area contributed by atoms with Gasteiger partial charge in [0.1, 0.15) is 0 Å². The molecule has 2 rings (SSSR count). The maximum absolute atomic E-state index is 11.9. The first-order valence-electron chi connectivity index (χ1n) is 8.68. The van der Waals surface area contributed by atoms with E-state index in [1.807, 2.05) is 0 Å². The molecule has 2 amide bonds. The van der Waals surface area contributed by atoms with E-state index < -0.39 is 0 Å². The average molecular weight is 293 g/mol. The summed E-state index contributed by atoms with van der Waals surface area (Å²) < 4.78 is 0. The highest BCUT2D eigenvalue weighted by atomic mass is 16.2. The van der Waals surface area contributed by atoms with Crippen molar-refractivity contribution in [3.63, 3.8) is 0 Å². The van der Waals surface area contributed by atoms with Gasteiger partial charge < -0.3 is 15.5 Å². The van der Waals surface area contributed by atoms with Crippen LogP contribution in [0.5, 0.6) is 0 Å². The molecule has 0 bridgehead atoms. The van der Waals surface area contributed by atoms with Crippen LogP contribution in [0.1, 0.15) is 58.3 Å². The minimum absolute atomic E-state index is 0.0177. The molecule has 1 heterocycles. The summed E-state index contributed by atoms with van der Waals surface area (Å²) >= 11 is 0. The van der Waals surface area contributed by atoms with Gasteiger partial charge in [0, 0.05) is 19.1 Å². The number of amides is 2. The zero-order valence-corrected chi connectivity index (χ0v) is 13.5. The molecule has 120 valence electrons. The van der Waals surface area contributed by atoms with Crippen molar-refractivity contribution in [3.8, 4) is 0 Å². The van der Waals surface area contributed by atoms with Crippen molar-refractivity contribution in [2.24, 2.45) is 0 Å². The van der Waals surface area contributed by atoms with E-state index in [9.17, 15) is 4.79 Å². The summed E-state index contributed by atoms with van der Waals surface area (Å²) in [6.07, 6.45) is 12.4. The Morgan fingerprint density at radius 3 is 2.76 bits per heavy atom. The summed E-state index contributed by atoms with van der Waals surface area (Å²) in [5.74, 6) is 0. The molecule has 1 aliphatic heterocycles. The molecule has 0 saturated carbocycles. The van der Waals surface area contributed by atoms with Crippen LogP contribution in [0, 0.1) is 0 Å². The van der Waals surface area contributed by atoms with Crippen LogP contribution in [-0.4, -0.2) is 43.2 Å². The van der Waals surface area contributed by atoms with Crippen LogP contribution in [-0.2, 0) is 0 Å². The predicted molar refractivity (Wildman–Crippen MR) is 87.5 cm³/mol. The lowest BCUT2D eigenvalue weighted by molar-refractivity contribution is 0.203. The second-order valence-electron chi connectivity index (χ2n) is 6.52. The first-order chi connectivity index (χ1) is 10.2. The number of nitrogens with one attached hydrogen (secondary N) is 2. The summed E-state index contributed by atoms with van der Waals surface area (Å²) in [5.41, 5.74) is 1.52. The molecule has 1 saturated heterocycles. The molecule has 0 radical (unpaired) electrons. The van der Waals surface area contributed by atoms with Gasteiger partial charge in [-0.25, -0.2) is 4.79 Å². The van der Waals surface area contributed by atoms with Crippen LogP contribution in [0.3, 0.4) is 0 Å². The summed E-state index contributed by atoms with van der Waals surface area (Å²) in [6, 6.07) is 0.202. The first-order valence-corrected chi connectivity index (χ1v) is 8.68. The molecule has 1 unspecified atom stereocenters. The van der Waals surface area contributed by atoms with Gasteiger partial charge in [-0.2, -0.15) is 0 Å². The number of carbonyl (C=O) groups is 1. The molecular weight excluding hydrogens is 262 g/mol. The fourth-order valence-electron chi connectivity index (χ4n) is 3.32. The van der Waals surface area contributed by atoms with E-state index in [0.717, 1.165) is 19.5 Å². The highest BCUT2D eigenvalue weighted by molar-refractivity contribution is 5.74. The van der Waals surface area contributed by atoms with Crippen molar-refractivity contribution in [1.29, 1.82) is 0 Å². The number of nitrogens with zero attached hydrogens (tertiary/aromatic N) is 1. The van der Waals surface area contributed by atoms with E-state index in [1.54, 1.807) is 0 Å². The Balaban J connectivity index is 1.56. The Morgan fingerprint density at radius 2 is 2.05 bits per heavy atom. The predicted octanol–water partition coefficient (Wildman–Crippen LogP) is 3.05. The molecule has 1 atom stereocenters. The van der Waals surface area contributed by atoms with Gasteiger partial charge in [-0.1, -0.05) is 18.1 Å². The molecule has 21 heavy (non-hydrogen) atoms. The van der Waals surface area contributed by atoms with E-state index in [4.69, 9.17) is 0 Å². The normalized spacial score (nSPS) is 21.5. The van der Waals surface area contributed by atoms with Gasteiger partial charge >= 0.3 is 6.03 Å². The molecule has 2 aliphatic rings. The molecule has 4 heteroatoms. The van der Waals surface area contributed by atoms with Gasteiger partial charge in [0.2, 0.25) is 0 Å². The lowest BCUT2D eigenvalue weighted by Gasteiger charge is -2.29. The fraction of sp³-hybridized carbons (Fsp3) is 0.824. The second kappa shape index (κ2) is 9.08. The fourth-order valence-corrected chi connectivity index (χ4v) is 3.32. The molecule has 1 aliphatic carbocycles. The van der Waals surface area contributed by atoms with Crippen LogP contribution < -0.4 is 10.6 Å². The average Bonchev–Trinajstić information content (AvgIpc) is 2.49. The highest BCUT2D eigenvalue weighted by Crippen LogP contribution is 2.19. The van der Waals surface area contributed by atoms with Crippen molar-refractivity contribution in [3.05, 3.63) is 11.6 Å². The second-order valence-corrected chi connectivity index (χ2v) is 6.52. The van der Waals surface area contributed by atoms with Gasteiger partial charge in [-0.15, -0.1) is 0 Å². The van der Waals surface area contributed by atoms with Crippen molar-refractivity contribution in [2.75, 3.05) is 26.2 Å². The van der Waals surface area contributed by atoms with Crippen molar-refractivity contribution in [2.45, 2.75) is 64.3 Å². The molecule has 1 fully saturated rings. The minimum Gasteiger partial charge on any atom is -0.338 e. The smallest absolute Gasteiger partial charge is 0.315 e. The zero-order chi connectivity index (χ0) is 14.9. The highest BCUT2D eigenvalue weighted by Gasteiger charge is 2.14. The number of rotatable bonds is 6. The third-order valence-electron chi connectivity index (χ3n) is 4.47. The third kappa shape index (κ3) is 6.51. The van der Waals surface area contributed by atoms with E-state index in [-0.39, 0.29) is 12.1 Å². The number of piperidine rings is 1. The van der Waals surface area contributed by atoms with Crippen LogP contribution in [0.4, 0.5) is 4.79 Å². The Morgan fingerprint density at radius 1 is 1.24 bits per heavy atom. The number of hydrogen-bond acceptors (Lipinski definition) is 2. The maximum atomic E-state index is 11.9. The lowest BCUT2D eigenvalue weighted by atomic mass is 9.97. The third-order valence-corrected chi connectivity index (χ3v) is 4.47. The van der Waals surface area contributed by atoms with Gasteiger partial charge in [-0.3, -0.25) is 0 Å². The summed E-state index contributed by atoms with van der Waals surface area (Å²) in [5, 5.41) is 6.04. The Hall–Kier alpha value is -1.03. The number of likely N-dealkylation sites (tertiary alicyclic amines) is 1. The zero-order valence-electron chi connectivity index (χ0n) is 13.5. The van der Waals surface area contributed by atoms with Crippen LogP contribution in [0.2, 0.25) is 0 Å². The first kappa shape index (κ1) is 16.3. The largest absolute Gasteiger partial charge is 0.338 e. The molecule has 0 aromatic rings. The molecule has 0 aromatic heterocycles. The summed E-state index contributed by atoms with van der Waals surface area (Å²) in [6.45, 7) is 6.19.